The number of anilines is 1. The topological polar surface area (TPSA) is 69.6 Å². The summed E-state index contributed by atoms with van der Waals surface area (Å²) in [6.07, 6.45) is 3.19. The zero-order valence-corrected chi connectivity index (χ0v) is 11.0. The number of halogens is 1. The van der Waals surface area contributed by atoms with Gasteiger partial charge in [-0.1, -0.05) is 28.1 Å². The zero-order valence-electron chi connectivity index (χ0n) is 9.42. The van der Waals surface area contributed by atoms with Crippen molar-refractivity contribution in [3.8, 4) is 11.5 Å². The van der Waals surface area contributed by atoms with E-state index in [2.05, 4.69) is 43.0 Å². The minimum absolute atomic E-state index is 0.412. The highest BCUT2D eigenvalue weighted by Gasteiger charge is 2.14. The van der Waals surface area contributed by atoms with E-state index < -0.39 is 0 Å². The molecule has 0 aliphatic carbocycles. The minimum Gasteiger partial charge on any atom is -0.382 e. The molecule has 90 valence electrons. The number of nitrogens with zero attached hydrogens (tertiary/aromatic N) is 4. The highest BCUT2D eigenvalue weighted by molar-refractivity contribution is 9.10. The van der Waals surface area contributed by atoms with E-state index >= 15 is 0 Å². The molecule has 2 aliphatic rings. The van der Waals surface area contributed by atoms with Gasteiger partial charge in [-0.2, -0.15) is 0 Å². The van der Waals surface area contributed by atoms with Crippen LogP contribution in [-0.4, -0.2) is 19.5 Å². The Morgan fingerprint density at radius 3 is 2.67 bits per heavy atom. The summed E-state index contributed by atoms with van der Waals surface area (Å²) >= 11 is 3.42. The molecule has 0 fully saturated rings. The molecule has 2 heterocycles. The predicted octanol–water partition coefficient (Wildman–Crippen LogP) is 2.17. The molecule has 5 nitrogen and oxygen atoms in total. The first-order chi connectivity index (χ1) is 8.74. The Labute approximate surface area is 112 Å². The van der Waals surface area contributed by atoms with Crippen molar-refractivity contribution in [2.75, 3.05) is 5.73 Å². The second-order valence-corrected chi connectivity index (χ2v) is 4.85. The van der Waals surface area contributed by atoms with Gasteiger partial charge in [0.1, 0.15) is 12.0 Å². The molecule has 6 heteroatoms. The summed E-state index contributed by atoms with van der Waals surface area (Å²) in [4.78, 5) is 12.4. The first kappa shape index (κ1) is 11.2. The zero-order chi connectivity index (χ0) is 12.5. The second-order valence-electron chi connectivity index (χ2n) is 3.93. The summed E-state index contributed by atoms with van der Waals surface area (Å²) in [5, 5.41) is 0. The van der Waals surface area contributed by atoms with Crippen LogP contribution in [0.1, 0.15) is 5.56 Å². The van der Waals surface area contributed by atoms with Gasteiger partial charge in [0.25, 0.3) is 0 Å². The maximum absolute atomic E-state index is 5.75. The Kier molecular flexibility index (Phi) is 2.71. The molecular weight excluding hydrogens is 294 g/mol. The SMILES string of the molecule is Nc1ncn(Cc2ccc(Br)cc2)c2ncnc1-2. The van der Waals surface area contributed by atoms with E-state index in [9.17, 15) is 0 Å². The van der Waals surface area contributed by atoms with Gasteiger partial charge in [-0.05, 0) is 17.7 Å². The fourth-order valence-corrected chi connectivity index (χ4v) is 2.07. The predicted molar refractivity (Wildman–Crippen MR) is 72.1 cm³/mol. The van der Waals surface area contributed by atoms with Gasteiger partial charge >= 0.3 is 0 Å². The monoisotopic (exact) mass is 303 g/mol. The highest BCUT2D eigenvalue weighted by atomic mass is 79.9. The van der Waals surface area contributed by atoms with E-state index in [0.717, 1.165) is 10.3 Å². The normalized spacial score (nSPS) is 10.9. The number of hydrogen-bond acceptors (Lipinski definition) is 4. The molecular formula is C12H10BrN5. The number of fused-ring (bicyclic) bond motifs is 1. The average molecular weight is 304 g/mol. The van der Waals surface area contributed by atoms with Crippen molar-refractivity contribution in [1.29, 1.82) is 0 Å². The van der Waals surface area contributed by atoms with Gasteiger partial charge in [-0.15, -0.1) is 0 Å². The van der Waals surface area contributed by atoms with Gasteiger partial charge in [0.15, 0.2) is 11.6 Å². The van der Waals surface area contributed by atoms with Crippen LogP contribution in [0.4, 0.5) is 5.82 Å². The molecule has 1 aromatic rings. The molecule has 0 unspecified atom stereocenters. The van der Waals surface area contributed by atoms with Crippen LogP contribution >= 0.6 is 15.9 Å². The standard InChI is InChI=1S/C12H10BrN5/c13-9-3-1-8(2-4-9)5-18-7-17-11(14)10-12(18)16-6-15-10/h1-4,6-7H,5,14H2. The summed E-state index contributed by atoms with van der Waals surface area (Å²) in [5.74, 6) is 1.17. The fraction of sp³-hybridized carbons (Fsp3) is 0.0833. The second kappa shape index (κ2) is 4.38. The molecule has 0 saturated carbocycles. The smallest absolute Gasteiger partial charge is 0.165 e. The van der Waals surface area contributed by atoms with Crippen molar-refractivity contribution in [1.82, 2.24) is 19.5 Å². The van der Waals surface area contributed by atoms with Crippen molar-refractivity contribution in [2.24, 2.45) is 0 Å². The van der Waals surface area contributed by atoms with Crippen molar-refractivity contribution in [3.05, 3.63) is 47.0 Å². The van der Waals surface area contributed by atoms with E-state index in [1.165, 1.54) is 11.9 Å². The summed E-state index contributed by atoms with van der Waals surface area (Å²) in [5.41, 5.74) is 7.56. The quantitative estimate of drug-likeness (QED) is 0.788. The fourth-order valence-electron chi connectivity index (χ4n) is 1.80. The lowest BCUT2D eigenvalue weighted by atomic mass is 10.2. The van der Waals surface area contributed by atoms with Gasteiger partial charge < -0.3 is 10.3 Å². The summed E-state index contributed by atoms with van der Waals surface area (Å²) < 4.78 is 2.99. The Morgan fingerprint density at radius 2 is 1.89 bits per heavy atom. The molecule has 3 rings (SSSR count). The maximum atomic E-state index is 5.75. The van der Waals surface area contributed by atoms with Crippen molar-refractivity contribution >= 4 is 21.7 Å². The number of hydrogen-bond donors (Lipinski definition) is 1. The van der Waals surface area contributed by atoms with Crippen LogP contribution in [-0.2, 0) is 6.54 Å². The molecule has 0 radical (unpaired) electrons. The Bertz CT molecular complexity index is 646. The molecule has 2 aliphatic heterocycles. The molecule has 0 bridgehead atoms. The Morgan fingerprint density at radius 1 is 1.11 bits per heavy atom. The average Bonchev–Trinajstić information content (AvgIpc) is 2.86. The van der Waals surface area contributed by atoms with Gasteiger partial charge in [-0.25, -0.2) is 15.0 Å². The molecule has 1 aromatic carbocycles. The number of aromatic nitrogens is 4. The lowest BCUT2D eigenvalue weighted by Gasteiger charge is -2.11. The van der Waals surface area contributed by atoms with Crippen molar-refractivity contribution in [3.63, 3.8) is 0 Å². The van der Waals surface area contributed by atoms with E-state index in [-0.39, 0.29) is 0 Å². The highest BCUT2D eigenvalue weighted by Crippen LogP contribution is 2.22. The molecule has 0 atom stereocenters. The molecule has 2 N–H and O–H groups in total. The molecule has 18 heavy (non-hydrogen) atoms. The van der Waals surface area contributed by atoms with Crippen molar-refractivity contribution in [2.45, 2.75) is 6.54 Å². The van der Waals surface area contributed by atoms with Crippen LogP contribution in [0.15, 0.2) is 41.4 Å². The number of benzene rings is 1. The summed E-state index contributed by atoms with van der Waals surface area (Å²) in [6, 6.07) is 8.12. The first-order valence-corrected chi connectivity index (χ1v) is 6.19. The summed E-state index contributed by atoms with van der Waals surface area (Å²) in [7, 11) is 0. The third kappa shape index (κ3) is 1.95. The van der Waals surface area contributed by atoms with E-state index in [1.807, 2.05) is 16.7 Å². The number of imidazole rings is 1. The van der Waals surface area contributed by atoms with Gasteiger partial charge in [-0.3, -0.25) is 0 Å². The van der Waals surface area contributed by atoms with E-state index in [1.54, 1.807) is 6.33 Å². The van der Waals surface area contributed by atoms with Crippen LogP contribution in [0.25, 0.3) is 11.5 Å². The molecule has 0 spiro atoms. The van der Waals surface area contributed by atoms with Crippen molar-refractivity contribution < 1.29 is 0 Å². The lowest BCUT2D eigenvalue weighted by molar-refractivity contribution is 0.762. The molecule has 0 saturated heterocycles. The maximum Gasteiger partial charge on any atom is 0.165 e. The van der Waals surface area contributed by atoms with Gasteiger partial charge in [0.2, 0.25) is 0 Å². The Balaban J connectivity index is 1.98. The van der Waals surface area contributed by atoms with E-state index in [0.29, 0.717) is 18.1 Å². The third-order valence-electron chi connectivity index (χ3n) is 2.70. The van der Waals surface area contributed by atoms with Crippen LogP contribution in [0, 0.1) is 0 Å². The number of nitrogens with two attached hydrogens (primary N) is 1. The van der Waals surface area contributed by atoms with Crippen LogP contribution in [0.5, 0.6) is 0 Å². The lowest BCUT2D eigenvalue weighted by Crippen LogP contribution is -2.09. The van der Waals surface area contributed by atoms with Crippen LogP contribution < -0.4 is 5.73 Å². The largest absolute Gasteiger partial charge is 0.382 e. The van der Waals surface area contributed by atoms with E-state index in [4.69, 9.17) is 5.73 Å². The first-order valence-electron chi connectivity index (χ1n) is 5.40. The number of rotatable bonds is 2. The molecule has 0 aromatic heterocycles. The third-order valence-corrected chi connectivity index (χ3v) is 3.22. The van der Waals surface area contributed by atoms with Crippen LogP contribution in [0.2, 0.25) is 0 Å². The summed E-state index contributed by atoms with van der Waals surface area (Å²) in [6.45, 7) is 0.690. The Hall–Kier alpha value is -1.95. The van der Waals surface area contributed by atoms with Gasteiger partial charge in [0.05, 0.1) is 12.9 Å². The minimum atomic E-state index is 0.412. The van der Waals surface area contributed by atoms with Crippen LogP contribution in [0.3, 0.4) is 0 Å². The number of nitrogen functional groups attached to an aromatic ring is 1. The molecule has 0 amide bonds. The van der Waals surface area contributed by atoms with Gasteiger partial charge in [0, 0.05) is 4.47 Å².